The number of halogens is 1. The summed E-state index contributed by atoms with van der Waals surface area (Å²) in [7, 11) is 0. The lowest BCUT2D eigenvalue weighted by atomic mass is 10.1. The molecule has 0 radical (unpaired) electrons. The second-order valence-electron chi connectivity index (χ2n) is 4.46. The molecule has 5 nitrogen and oxygen atoms in total. The molecule has 0 heterocycles. The number of carbonyl (C=O) groups excluding carboxylic acids is 1. The largest absolute Gasteiger partial charge is 0.481 e. The highest BCUT2D eigenvalue weighted by Crippen LogP contribution is 2.26. The molecular formula is C13H17BrN2O3. The predicted octanol–water partition coefficient (Wildman–Crippen LogP) is 2.24. The summed E-state index contributed by atoms with van der Waals surface area (Å²) < 4.78 is 0.813. The van der Waals surface area contributed by atoms with Gasteiger partial charge in [0.25, 0.3) is 5.91 Å². The van der Waals surface area contributed by atoms with E-state index in [0.717, 1.165) is 4.47 Å². The average Bonchev–Trinajstić information content (AvgIpc) is 2.27. The second kappa shape index (κ2) is 6.56. The van der Waals surface area contributed by atoms with Crippen LogP contribution >= 0.6 is 15.9 Å². The fourth-order valence-electron chi connectivity index (χ4n) is 1.82. The number of nitrogens with zero attached hydrogens (tertiary/aromatic N) is 1. The molecule has 1 amide bonds. The standard InChI is InChI=1S/C13H17BrN2O3/c1-8(2)16(6-5-12(17)18)11-7-9(14)3-4-10(11)13(15)19/h3-4,7-8H,5-6H2,1-2H3,(H2,15,19)(H,17,18). The number of carboxylic acid groups (broad SMARTS) is 1. The van der Waals surface area contributed by atoms with Crippen molar-refractivity contribution in [2.24, 2.45) is 5.73 Å². The van der Waals surface area contributed by atoms with Crippen LogP contribution in [-0.2, 0) is 4.79 Å². The maximum Gasteiger partial charge on any atom is 0.305 e. The molecule has 19 heavy (non-hydrogen) atoms. The lowest BCUT2D eigenvalue weighted by Crippen LogP contribution is -2.34. The van der Waals surface area contributed by atoms with Gasteiger partial charge in [-0.05, 0) is 32.0 Å². The van der Waals surface area contributed by atoms with E-state index < -0.39 is 11.9 Å². The Kier molecular flexibility index (Phi) is 5.35. The van der Waals surface area contributed by atoms with Gasteiger partial charge in [0.1, 0.15) is 0 Å². The number of nitrogens with two attached hydrogens (primary N) is 1. The summed E-state index contributed by atoms with van der Waals surface area (Å²) in [6, 6.07) is 5.21. The molecule has 1 aromatic carbocycles. The van der Waals surface area contributed by atoms with Gasteiger partial charge in [0.05, 0.1) is 17.7 Å². The number of hydrogen-bond donors (Lipinski definition) is 2. The van der Waals surface area contributed by atoms with Crippen molar-refractivity contribution in [2.45, 2.75) is 26.3 Å². The Morgan fingerprint density at radius 2 is 2.05 bits per heavy atom. The van der Waals surface area contributed by atoms with E-state index in [1.807, 2.05) is 18.7 Å². The number of primary amides is 1. The van der Waals surface area contributed by atoms with Gasteiger partial charge in [-0.25, -0.2) is 0 Å². The number of rotatable bonds is 6. The van der Waals surface area contributed by atoms with Crippen LogP contribution in [0.2, 0.25) is 0 Å². The maximum atomic E-state index is 11.5. The number of anilines is 1. The van der Waals surface area contributed by atoms with Crippen molar-refractivity contribution in [3.8, 4) is 0 Å². The summed E-state index contributed by atoms with van der Waals surface area (Å²) in [5.41, 5.74) is 6.40. The first kappa shape index (κ1) is 15.5. The van der Waals surface area contributed by atoms with E-state index in [9.17, 15) is 9.59 Å². The molecule has 0 atom stereocenters. The molecule has 0 aliphatic heterocycles. The first-order valence-electron chi connectivity index (χ1n) is 5.90. The van der Waals surface area contributed by atoms with Gasteiger partial charge in [0.2, 0.25) is 0 Å². The minimum Gasteiger partial charge on any atom is -0.481 e. The van der Waals surface area contributed by atoms with Crippen LogP contribution in [-0.4, -0.2) is 29.6 Å². The highest BCUT2D eigenvalue weighted by molar-refractivity contribution is 9.10. The van der Waals surface area contributed by atoms with E-state index in [1.54, 1.807) is 18.2 Å². The van der Waals surface area contributed by atoms with Gasteiger partial charge < -0.3 is 15.7 Å². The van der Waals surface area contributed by atoms with Crippen LogP contribution in [0.5, 0.6) is 0 Å². The molecule has 3 N–H and O–H groups in total. The first-order chi connectivity index (χ1) is 8.82. The summed E-state index contributed by atoms with van der Waals surface area (Å²) in [5, 5.41) is 8.80. The summed E-state index contributed by atoms with van der Waals surface area (Å²) in [6.07, 6.45) is 0.00287. The van der Waals surface area contributed by atoms with Crippen molar-refractivity contribution < 1.29 is 14.7 Å². The van der Waals surface area contributed by atoms with Gasteiger partial charge in [-0.3, -0.25) is 9.59 Å². The topological polar surface area (TPSA) is 83.6 Å². The van der Waals surface area contributed by atoms with E-state index in [2.05, 4.69) is 15.9 Å². The molecule has 0 aromatic heterocycles. The van der Waals surface area contributed by atoms with Crippen LogP contribution in [0.15, 0.2) is 22.7 Å². The Morgan fingerprint density at radius 1 is 1.42 bits per heavy atom. The Hall–Kier alpha value is -1.56. The summed E-state index contributed by atoms with van der Waals surface area (Å²) in [6.45, 7) is 4.20. The predicted molar refractivity (Wildman–Crippen MR) is 77.4 cm³/mol. The lowest BCUT2D eigenvalue weighted by Gasteiger charge is -2.30. The quantitative estimate of drug-likeness (QED) is 0.838. The van der Waals surface area contributed by atoms with E-state index in [-0.39, 0.29) is 12.5 Å². The Balaban J connectivity index is 3.17. The van der Waals surface area contributed by atoms with Gasteiger partial charge in [0.15, 0.2) is 0 Å². The zero-order chi connectivity index (χ0) is 14.6. The average molecular weight is 329 g/mol. The van der Waals surface area contributed by atoms with E-state index in [4.69, 9.17) is 10.8 Å². The number of aliphatic carboxylic acids is 1. The third kappa shape index (κ3) is 4.24. The normalized spacial score (nSPS) is 10.5. The van der Waals surface area contributed by atoms with Gasteiger partial charge in [-0.1, -0.05) is 15.9 Å². The third-order valence-corrected chi connectivity index (χ3v) is 3.22. The molecule has 1 aromatic rings. The van der Waals surface area contributed by atoms with Crippen molar-refractivity contribution >= 4 is 33.5 Å². The van der Waals surface area contributed by atoms with Crippen molar-refractivity contribution in [3.05, 3.63) is 28.2 Å². The number of hydrogen-bond acceptors (Lipinski definition) is 3. The first-order valence-corrected chi connectivity index (χ1v) is 6.70. The third-order valence-electron chi connectivity index (χ3n) is 2.72. The van der Waals surface area contributed by atoms with Crippen molar-refractivity contribution in [1.29, 1.82) is 0 Å². The van der Waals surface area contributed by atoms with Crippen molar-refractivity contribution in [2.75, 3.05) is 11.4 Å². The molecule has 0 bridgehead atoms. The van der Waals surface area contributed by atoms with Crippen molar-refractivity contribution in [3.63, 3.8) is 0 Å². The Bertz CT molecular complexity index is 489. The molecule has 0 saturated carbocycles. The van der Waals surface area contributed by atoms with Crippen LogP contribution in [0.3, 0.4) is 0 Å². The van der Waals surface area contributed by atoms with E-state index >= 15 is 0 Å². The van der Waals surface area contributed by atoms with E-state index in [1.165, 1.54) is 0 Å². The highest BCUT2D eigenvalue weighted by Gasteiger charge is 2.18. The number of benzene rings is 1. The fourth-order valence-corrected chi connectivity index (χ4v) is 2.17. The number of carboxylic acids is 1. The lowest BCUT2D eigenvalue weighted by molar-refractivity contribution is -0.136. The van der Waals surface area contributed by atoms with Crippen LogP contribution in [0.25, 0.3) is 0 Å². The second-order valence-corrected chi connectivity index (χ2v) is 5.37. The molecule has 0 aliphatic carbocycles. The number of amides is 1. The zero-order valence-corrected chi connectivity index (χ0v) is 12.5. The molecule has 0 unspecified atom stereocenters. The Labute approximate surface area is 120 Å². The summed E-state index contributed by atoms with van der Waals surface area (Å²) in [5.74, 6) is -1.40. The maximum absolute atomic E-state index is 11.5. The van der Waals surface area contributed by atoms with Crippen LogP contribution in [0, 0.1) is 0 Å². The van der Waals surface area contributed by atoms with Gasteiger partial charge >= 0.3 is 5.97 Å². The monoisotopic (exact) mass is 328 g/mol. The molecule has 104 valence electrons. The summed E-state index contributed by atoms with van der Waals surface area (Å²) in [4.78, 5) is 24.0. The van der Waals surface area contributed by atoms with Crippen LogP contribution in [0.4, 0.5) is 5.69 Å². The molecule has 0 fully saturated rings. The highest BCUT2D eigenvalue weighted by atomic mass is 79.9. The smallest absolute Gasteiger partial charge is 0.305 e. The van der Waals surface area contributed by atoms with Gasteiger partial charge in [0, 0.05) is 17.1 Å². The fraction of sp³-hybridized carbons (Fsp3) is 0.385. The number of carbonyl (C=O) groups is 2. The molecular weight excluding hydrogens is 312 g/mol. The molecule has 0 spiro atoms. The van der Waals surface area contributed by atoms with E-state index in [0.29, 0.717) is 17.8 Å². The molecule has 6 heteroatoms. The molecule has 1 rings (SSSR count). The van der Waals surface area contributed by atoms with Crippen molar-refractivity contribution in [1.82, 2.24) is 0 Å². The molecule has 0 aliphatic rings. The van der Waals surface area contributed by atoms with Crippen LogP contribution in [0.1, 0.15) is 30.6 Å². The SMILES string of the molecule is CC(C)N(CCC(=O)O)c1cc(Br)ccc1C(N)=O. The minimum atomic E-state index is -0.874. The summed E-state index contributed by atoms with van der Waals surface area (Å²) >= 11 is 3.35. The van der Waals surface area contributed by atoms with Gasteiger partial charge in [-0.2, -0.15) is 0 Å². The van der Waals surface area contributed by atoms with Crippen LogP contribution < -0.4 is 10.6 Å². The Morgan fingerprint density at radius 3 is 2.53 bits per heavy atom. The zero-order valence-electron chi connectivity index (χ0n) is 10.9. The van der Waals surface area contributed by atoms with Gasteiger partial charge in [-0.15, -0.1) is 0 Å². The minimum absolute atomic E-state index is 0.00287. The molecule has 0 saturated heterocycles.